The van der Waals surface area contributed by atoms with Crippen LogP contribution in [0, 0.1) is 0 Å². The van der Waals surface area contributed by atoms with Crippen LogP contribution in [-0.2, 0) is 6.54 Å². The maximum Gasteiger partial charge on any atom is 0.143 e. The molecule has 112 valence electrons. The number of anilines is 1. The molecule has 2 rings (SSSR count). The van der Waals surface area contributed by atoms with Gasteiger partial charge in [-0.1, -0.05) is 34.5 Å². The van der Waals surface area contributed by atoms with Crippen LogP contribution in [0.4, 0.5) is 5.69 Å². The second-order valence-corrected chi connectivity index (χ2v) is 6.58. The summed E-state index contributed by atoms with van der Waals surface area (Å²) < 4.78 is 7.56. The van der Waals surface area contributed by atoms with E-state index in [1.165, 1.54) is 0 Å². The number of benzene rings is 1. The van der Waals surface area contributed by atoms with E-state index in [9.17, 15) is 0 Å². The van der Waals surface area contributed by atoms with E-state index < -0.39 is 0 Å². The Kier molecular flexibility index (Phi) is 6.33. The number of hydrogen-bond donors (Lipinski definition) is 1. The molecule has 0 aliphatic rings. The molecule has 21 heavy (non-hydrogen) atoms. The Bertz CT molecular complexity index is 623. The van der Waals surface area contributed by atoms with Crippen LogP contribution in [0.1, 0.15) is 18.9 Å². The average molecular weight is 435 g/mol. The minimum Gasteiger partial charge on any atom is -0.493 e. The van der Waals surface area contributed by atoms with Crippen molar-refractivity contribution in [2.24, 2.45) is 0 Å². The van der Waals surface area contributed by atoms with Crippen molar-refractivity contribution in [3.8, 4) is 5.75 Å². The standard InChI is InChI=1S/C15H15Br2ClN2O/c1-2-5-21-14-4-3-11(16)6-10(14)8-19-12-7-13(17)15(18)20-9-12/h3-4,6-7,9,19H,2,5,8H2,1H3. The third kappa shape index (κ3) is 4.87. The summed E-state index contributed by atoms with van der Waals surface area (Å²) in [4.78, 5) is 4.10. The fraction of sp³-hybridized carbons (Fsp3) is 0.267. The minimum atomic E-state index is 0.454. The highest BCUT2D eigenvalue weighted by Gasteiger charge is 2.06. The fourth-order valence-corrected chi connectivity index (χ4v) is 2.62. The Morgan fingerprint density at radius 3 is 2.81 bits per heavy atom. The van der Waals surface area contributed by atoms with Crippen molar-refractivity contribution < 1.29 is 4.74 Å². The number of nitrogens with one attached hydrogen (secondary N) is 1. The highest BCUT2D eigenvalue weighted by Crippen LogP contribution is 2.26. The van der Waals surface area contributed by atoms with Gasteiger partial charge < -0.3 is 10.1 Å². The molecule has 0 radical (unpaired) electrons. The first-order valence-corrected chi connectivity index (χ1v) is 8.52. The van der Waals surface area contributed by atoms with Gasteiger partial charge >= 0.3 is 0 Å². The first-order valence-electron chi connectivity index (χ1n) is 6.56. The monoisotopic (exact) mass is 432 g/mol. The van der Waals surface area contributed by atoms with Gasteiger partial charge in [0.2, 0.25) is 0 Å². The van der Waals surface area contributed by atoms with Crippen LogP contribution >= 0.6 is 43.5 Å². The van der Waals surface area contributed by atoms with Gasteiger partial charge in [-0.15, -0.1) is 0 Å². The summed E-state index contributed by atoms with van der Waals surface area (Å²) in [7, 11) is 0. The minimum absolute atomic E-state index is 0.454. The molecule has 0 unspecified atom stereocenters. The quantitative estimate of drug-likeness (QED) is 0.596. The normalized spacial score (nSPS) is 10.5. The molecule has 0 aliphatic heterocycles. The molecule has 0 saturated heterocycles. The summed E-state index contributed by atoms with van der Waals surface area (Å²) in [6.45, 7) is 3.45. The van der Waals surface area contributed by atoms with E-state index in [-0.39, 0.29) is 0 Å². The second-order valence-electron chi connectivity index (χ2n) is 4.45. The summed E-state index contributed by atoms with van der Waals surface area (Å²) in [5, 5.41) is 3.77. The van der Waals surface area contributed by atoms with Crippen molar-refractivity contribution in [3.05, 3.63) is 50.1 Å². The molecular weight excluding hydrogens is 419 g/mol. The molecule has 3 nitrogen and oxygen atoms in total. The van der Waals surface area contributed by atoms with Crippen LogP contribution in [0.2, 0.25) is 5.15 Å². The summed E-state index contributed by atoms with van der Waals surface area (Å²) in [5.41, 5.74) is 1.98. The molecule has 6 heteroatoms. The zero-order valence-electron chi connectivity index (χ0n) is 11.5. The van der Waals surface area contributed by atoms with E-state index >= 15 is 0 Å². The third-order valence-corrected chi connectivity index (χ3v) is 4.39. The van der Waals surface area contributed by atoms with Crippen LogP contribution in [0.25, 0.3) is 0 Å². The van der Waals surface area contributed by atoms with Gasteiger partial charge in [0.15, 0.2) is 0 Å². The zero-order chi connectivity index (χ0) is 15.2. The molecule has 1 aromatic heterocycles. The Balaban J connectivity index is 2.10. The van der Waals surface area contributed by atoms with E-state index in [1.54, 1.807) is 6.20 Å². The molecule has 0 saturated carbocycles. The van der Waals surface area contributed by atoms with E-state index in [2.05, 4.69) is 55.2 Å². The number of hydrogen-bond acceptors (Lipinski definition) is 3. The molecular formula is C15H15Br2ClN2O. The van der Waals surface area contributed by atoms with E-state index in [0.717, 1.165) is 32.4 Å². The number of rotatable bonds is 6. The first-order chi connectivity index (χ1) is 10.1. The molecule has 0 spiro atoms. The zero-order valence-corrected chi connectivity index (χ0v) is 15.4. The lowest BCUT2D eigenvalue weighted by Gasteiger charge is -2.13. The van der Waals surface area contributed by atoms with Gasteiger partial charge in [-0.2, -0.15) is 0 Å². The molecule has 0 aliphatic carbocycles. The Morgan fingerprint density at radius 1 is 1.29 bits per heavy atom. The van der Waals surface area contributed by atoms with Gasteiger partial charge in [-0.05, 0) is 46.6 Å². The molecule has 0 amide bonds. The Morgan fingerprint density at radius 2 is 2.10 bits per heavy atom. The predicted octanol–water partition coefficient (Wildman–Crippen LogP) is 5.66. The summed E-state index contributed by atoms with van der Waals surface area (Å²) >= 11 is 12.7. The van der Waals surface area contributed by atoms with Gasteiger partial charge in [0.25, 0.3) is 0 Å². The largest absolute Gasteiger partial charge is 0.493 e. The second kappa shape index (κ2) is 8.01. The van der Waals surface area contributed by atoms with Crippen LogP contribution in [0.3, 0.4) is 0 Å². The molecule has 1 N–H and O–H groups in total. The van der Waals surface area contributed by atoms with E-state index in [0.29, 0.717) is 18.3 Å². The van der Waals surface area contributed by atoms with Crippen molar-refractivity contribution >= 4 is 49.1 Å². The number of aromatic nitrogens is 1. The third-order valence-electron chi connectivity index (χ3n) is 2.76. The van der Waals surface area contributed by atoms with Crippen molar-refractivity contribution in [1.29, 1.82) is 0 Å². The number of halogens is 3. The fourth-order valence-electron chi connectivity index (χ4n) is 1.75. The van der Waals surface area contributed by atoms with Crippen molar-refractivity contribution in [1.82, 2.24) is 4.98 Å². The van der Waals surface area contributed by atoms with Crippen molar-refractivity contribution in [2.45, 2.75) is 19.9 Å². The Hall–Kier alpha value is -0.780. The van der Waals surface area contributed by atoms with Gasteiger partial charge in [0, 0.05) is 16.6 Å². The van der Waals surface area contributed by atoms with Gasteiger partial charge in [0.05, 0.1) is 23.0 Å². The molecule has 1 heterocycles. The summed E-state index contributed by atoms with van der Waals surface area (Å²) in [6.07, 6.45) is 2.69. The lowest BCUT2D eigenvalue weighted by atomic mass is 10.2. The van der Waals surface area contributed by atoms with Crippen molar-refractivity contribution in [3.63, 3.8) is 0 Å². The predicted molar refractivity (Wildman–Crippen MR) is 94.2 cm³/mol. The summed E-state index contributed by atoms with van der Waals surface area (Å²) in [5.74, 6) is 0.897. The number of pyridine rings is 1. The van der Waals surface area contributed by atoms with Gasteiger partial charge in [-0.3, -0.25) is 0 Å². The molecule has 0 atom stereocenters. The number of nitrogens with zero attached hydrogens (tertiary/aromatic N) is 1. The van der Waals surface area contributed by atoms with Crippen LogP contribution in [-0.4, -0.2) is 11.6 Å². The van der Waals surface area contributed by atoms with E-state index in [1.807, 2.05) is 18.2 Å². The van der Waals surface area contributed by atoms with Crippen LogP contribution < -0.4 is 10.1 Å². The Labute approximate surface area is 146 Å². The van der Waals surface area contributed by atoms with Crippen LogP contribution in [0.15, 0.2) is 39.4 Å². The lowest BCUT2D eigenvalue weighted by Crippen LogP contribution is -2.04. The molecule has 0 fully saturated rings. The van der Waals surface area contributed by atoms with Crippen molar-refractivity contribution in [2.75, 3.05) is 11.9 Å². The SMILES string of the molecule is CCCOc1ccc(Br)cc1CNc1cnc(Cl)c(Br)c1. The molecule has 0 bridgehead atoms. The number of ether oxygens (including phenoxy) is 1. The van der Waals surface area contributed by atoms with Crippen LogP contribution in [0.5, 0.6) is 5.75 Å². The smallest absolute Gasteiger partial charge is 0.143 e. The highest BCUT2D eigenvalue weighted by molar-refractivity contribution is 9.10. The maximum absolute atomic E-state index is 5.89. The summed E-state index contributed by atoms with van der Waals surface area (Å²) in [6, 6.07) is 7.91. The van der Waals surface area contributed by atoms with E-state index in [4.69, 9.17) is 16.3 Å². The lowest BCUT2D eigenvalue weighted by molar-refractivity contribution is 0.314. The molecule has 1 aromatic carbocycles. The van der Waals surface area contributed by atoms with Gasteiger partial charge in [0.1, 0.15) is 10.9 Å². The first kappa shape index (κ1) is 16.6. The highest BCUT2D eigenvalue weighted by atomic mass is 79.9. The topological polar surface area (TPSA) is 34.1 Å². The maximum atomic E-state index is 5.89. The molecule has 2 aromatic rings. The average Bonchev–Trinajstić information content (AvgIpc) is 2.47. The van der Waals surface area contributed by atoms with Gasteiger partial charge in [-0.25, -0.2) is 4.98 Å².